The molecule has 0 saturated heterocycles. The number of hydrogen-bond acceptors (Lipinski definition) is 1. The minimum Gasteiger partial charge on any atom is -0.299 e. The summed E-state index contributed by atoms with van der Waals surface area (Å²) >= 11 is 12.5. The van der Waals surface area contributed by atoms with Gasteiger partial charge in [-0.2, -0.15) is 0 Å². The Hall–Kier alpha value is -0.530. The average molecular weight is 323 g/mol. The van der Waals surface area contributed by atoms with E-state index in [0.717, 1.165) is 17.4 Å². The molecular weight excluding hydrogens is 303 g/mol. The highest BCUT2D eigenvalue weighted by Crippen LogP contribution is 2.56. The van der Waals surface area contributed by atoms with Gasteiger partial charge in [-0.15, -0.1) is 0 Å². The van der Waals surface area contributed by atoms with E-state index >= 15 is 0 Å². The molecule has 0 heterocycles. The van der Waals surface area contributed by atoms with Crippen LogP contribution in [0.1, 0.15) is 37.7 Å². The molecule has 4 fully saturated rings. The molecule has 4 aliphatic carbocycles. The Bertz CT molecular complexity index is 532. The average Bonchev–Trinajstić information content (AvgIpc) is 2.42. The van der Waals surface area contributed by atoms with Crippen molar-refractivity contribution in [1.29, 1.82) is 0 Å². The number of halogens is 2. The van der Waals surface area contributed by atoms with Gasteiger partial charge in [0.2, 0.25) is 0 Å². The molecule has 1 nitrogen and oxygen atoms in total. The zero-order chi connectivity index (χ0) is 14.6. The molecule has 4 aliphatic rings. The topological polar surface area (TPSA) is 17.1 Å². The second kappa shape index (κ2) is 5.28. The van der Waals surface area contributed by atoms with Gasteiger partial charge in [0.05, 0.1) is 0 Å². The summed E-state index contributed by atoms with van der Waals surface area (Å²) in [6.07, 6.45) is 6.94. The van der Waals surface area contributed by atoms with E-state index in [1.54, 1.807) is 0 Å². The lowest BCUT2D eigenvalue weighted by Gasteiger charge is -2.53. The number of benzene rings is 1. The number of hydrogen-bond donors (Lipinski definition) is 0. The largest absolute Gasteiger partial charge is 0.299 e. The number of ketones is 1. The van der Waals surface area contributed by atoms with Crippen LogP contribution in [0.5, 0.6) is 0 Å². The van der Waals surface area contributed by atoms with Crippen molar-refractivity contribution in [2.75, 3.05) is 0 Å². The maximum absolute atomic E-state index is 12.9. The molecule has 0 unspecified atom stereocenters. The van der Waals surface area contributed by atoms with Crippen molar-refractivity contribution in [1.82, 2.24) is 0 Å². The van der Waals surface area contributed by atoms with Crippen molar-refractivity contribution in [3.63, 3.8) is 0 Å². The van der Waals surface area contributed by atoms with Crippen molar-refractivity contribution in [2.45, 2.75) is 38.5 Å². The van der Waals surface area contributed by atoms with Crippen LogP contribution in [0.25, 0.3) is 0 Å². The minimum absolute atomic E-state index is 0.269. The molecule has 21 heavy (non-hydrogen) atoms. The van der Waals surface area contributed by atoms with E-state index < -0.39 is 0 Å². The van der Waals surface area contributed by atoms with E-state index in [0.29, 0.717) is 34.1 Å². The van der Waals surface area contributed by atoms with Gasteiger partial charge in [0.1, 0.15) is 5.78 Å². The van der Waals surface area contributed by atoms with E-state index in [-0.39, 0.29) is 5.92 Å². The quantitative estimate of drug-likeness (QED) is 0.749. The lowest BCUT2D eigenvalue weighted by Crippen LogP contribution is -2.48. The summed E-state index contributed by atoms with van der Waals surface area (Å²) in [5, 5.41) is 1.25. The van der Waals surface area contributed by atoms with Crippen molar-refractivity contribution in [3.05, 3.63) is 33.8 Å². The second-order valence-corrected chi connectivity index (χ2v) is 8.11. The van der Waals surface area contributed by atoms with Crippen LogP contribution in [0.3, 0.4) is 0 Å². The first-order valence-corrected chi connectivity index (χ1v) is 8.83. The smallest absolute Gasteiger partial charge is 0.140 e. The predicted octanol–water partition coefficient (Wildman–Crippen LogP) is 5.18. The summed E-state index contributed by atoms with van der Waals surface area (Å²) in [6, 6.07) is 5.49. The molecular formula is C18H20Cl2O. The van der Waals surface area contributed by atoms with Gasteiger partial charge in [0.15, 0.2) is 0 Å². The lowest BCUT2D eigenvalue weighted by atomic mass is 9.51. The SMILES string of the molecule is O=C(Cc1c(Cl)cccc1Cl)C1C2CC3CC(C2)CC1C3. The third-order valence-electron chi connectivity index (χ3n) is 6.01. The van der Waals surface area contributed by atoms with Gasteiger partial charge in [-0.3, -0.25) is 4.79 Å². The van der Waals surface area contributed by atoms with Crippen molar-refractivity contribution in [3.8, 4) is 0 Å². The van der Waals surface area contributed by atoms with E-state index in [1.807, 2.05) is 18.2 Å². The first-order valence-electron chi connectivity index (χ1n) is 8.07. The van der Waals surface area contributed by atoms with Gasteiger partial charge in [0, 0.05) is 22.4 Å². The summed E-state index contributed by atoms with van der Waals surface area (Å²) in [6.45, 7) is 0. The number of Topliss-reactive ketones (excluding diaryl/α,β-unsaturated/α-hetero) is 1. The van der Waals surface area contributed by atoms with E-state index in [4.69, 9.17) is 23.2 Å². The number of carbonyl (C=O) groups excluding carboxylic acids is 1. The van der Waals surface area contributed by atoms with Gasteiger partial charge in [-0.25, -0.2) is 0 Å². The highest BCUT2D eigenvalue weighted by Gasteiger charge is 2.50. The summed E-state index contributed by atoms with van der Waals surface area (Å²) in [4.78, 5) is 12.9. The zero-order valence-corrected chi connectivity index (χ0v) is 13.5. The van der Waals surface area contributed by atoms with Gasteiger partial charge >= 0.3 is 0 Å². The molecule has 0 aliphatic heterocycles. The molecule has 1 aromatic carbocycles. The lowest BCUT2D eigenvalue weighted by molar-refractivity contribution is -0.135. The number of rotatable bonds is 3. The Morgan fingerprint density at radius 1 is 0.952 bits per heavy atom. The third-order valence-corrected chi connectivity index (χ3v) is 6.72. The Morgan fingerprint density at radius 3 is 2.00 bits per heavy atom. The fourth-order valence-corrected chi connectivity index (χ4v) is 5.98. The molecule has 5 rings (SSSR count). The van der Waals surface area contributed by atoms with Gasteiger partial charge in [-0.05, 0) is 73.5 Å². The molecule has 0 atom stereocenters. The van der Waals surface area contributed by atoms with Gasteiger partial charge < -0.3 is 0 Å². The summed E-state index contributed by atoms with van der Waals surface area (Å²) < 4.78 is 0. The monoisotopic (exact) mass is 322 g/mol. The Labute approximate surface area is 136 Å². The molecule has 3 heteroatoms. The van der Waals surface area contributed by atoms with Crippen molar-refractivity contribution >= 4 is 29.0 Å². The molecule has 0 amide bonds. The van der Waals surface area contributed by atoms with Crippen LogP contribution in [0.4, 0.5) is 0 Å². The van der Waals surface area contributed by atoms with Crippen molar-refractivity contribution in [2.24, 2.45) is 29.6 Å². The van der Waals surface area contributed by atoms with Crippen LogP contribution in [0.2, 0.25) is 10.0 Å². The number of carbonyl (C=O) groups is 1. The first kappa shape index (κ1) is 14.1. The second-order valence-electron chi connectivity index (χ2n) is 7.30. The molecule has 4 bridgehead atoms. The van der Waals surface area contributed by atoms with E-state index in [9.17, 15) is 4.79 Å². The minimum atomic E-state index is 0.269. The fraction of sp³-hybridized carbons (Fsp3) is 0.611. The molecule has 0 aromatic heterocycles. The van der Waals surface area contributed by atoms with Crippen molar-refractivity contribution < 1.29 is 4.79 Å². The van der Waals surface area contributed by atoms with Crippen LogP contribution in [-0.2, 0) is 11.2 Å². The summed E-state index contributed by atoms with van der Waals surface area (Å²) in [5.74, 6) is 3.72. The zero-order valence-electron chi connectivity index (χ0n) is 12.0. The Morgan fingerprint density at radius 2 is 1.48 bits per heavy atom. The molecule has 112 valence electrons. The normalized spacial score (nSPS) is 37.0. The van der Waals surface area contributed by atoms with Crippen LogP contribution < -0.4 is 0 Å². The van der Waals surface area contributed by atoms with E-state index in [1.165, 1.54) is 32.1 Å². The van der Waals surface area contributed by atoms with Crippen LogP contribution in [0, 0.1) is 29.6 Å². The maximum atomic E-state index is 12.9. The molecule has 0 N–H and O–H groups in total. The van der Waals surface area contributed by atoms with Crippen LogP contribution in [0.15, 0.2) is 18.2 Å². The predicted molar refractivity (Wildman–Crippen MR) is 85.7 cm³/mol. The standard InChI is InChI=1S/C18H20Cl2O/c19-15-2-1-3-16(20)14(15)9-17(21)18-12-5-10-4-11(7-12)8-13(18)6-10/h1-3,10-13,18H,4-9H2. The molecule has 1 aromatic rings. The van der Waals surface area contributed by atoms with Gasteiger partial charge in [-0.1, -0.05) is 29.3 Å². The maximum Gasteiger partial charge on any atom is 0.140 e. The molecule has 0 radical (unpaired) electrons. The highest BCUT2D eigenvalue weighted by molar-refractivity contribution is 6.36. The van der Waals surface area contributed by atoms with E-state index in [2.05, 4.69) is 0 Å². The summed E-state index contributed by atoms with van der Waals surface area (Å²) in [7, 11) is 0. The Balaban J connectivity index is 1.55. The first-order chi connectivity index (χ1) is 10.1. The summed E-state index contributed by atoms with van der Waals surface area (Å²) in [5.41, 5.74) is 0.819. The Kier molecular flexibility index (Phi) is 3.54. The third kappa shape index (κ3) is 2.43. The van der Waals surface area contributed by atoms with Crippen LogP contribution >= 0.6 is 23.2 Å². The molecule has 0 spiro atoms. The highest BCUT2D eigenvalue weighted by atomic mass is 35.5. The van der Waals surface area contributed by atoms with Gasteiger partial charge in [0.25, 0.3) is 0 Å². The fourth-order valence-electron chi connectivity index (χ4n) is 5.44. The molecule has 4 saturated carbocycles. The van der Waals surface area contributed by atoms with Crippen LogP contribution in [-0.4, -0.2) is 5.78 Å².